The fourth-order valence-electron chi connectivity index (χ4n) is 3.56. The zero-order chi connectivity index (χ0) is 16.9. The molecule has 0 aliphatic carbocycles. The number of hydrogen-bond donors (Lipinski definition) is 1. The summed E-state index contributed by atoms with van der Waals surface area (Å²) in [6.07, 6.45) is 16.3. The first kappa shape index (κ1) is 19.0. The topological polar surface area (TPSA) is 26.0 Å². The third-order valence-electron chi connectivity index (χ3n) is 5.03. The molecule has 0 saturated heterocycles. The third kappa shape index (κ3) is 7.05. The van der Waals surface area contributed by atoms with Crippen molar-refractivity contribution in [1.29, 1.82) is 0 Å². The van der Waals surface area contributed by atoms with Crippen molar-refractivity contribution >= 4 is 10.8 Å². The zero-order valence-electron chi connectivity index (χ0n) is 15.3. The van der Waals surface area contributed by atoms with E-state index in [4.69, 9.17) is 5.73 Å². The Kier molecular flexibility index (Phi) is 9.56. The molecule has 0 bridgehead atoms. The monoisotopic (exact) mass is 325 g/mol. The van der Waals surface area contributed by atoms with Gasteiger partial charge in [-0.25, -0.2) is 0 Å². The summed E-state index contributed by atoms with van der Waals surface area (Å²) in [6.45, 7) is 0.860. The zero-order valence-corrected chi connectivity index (χ0v) is 15.3. The van der Waals surface area contributed by atoms with E-state index in [0.717, 1.165) is 6.54 Å². The van der Waals surface area contributed by atoms with Gasteiger partial charge in [-0.2, -0.15) is 0 Å². The van der Waals surface area contributed by atoms with Crippen LogP contribution < -0.4 is 5.73 Å². The molecule has 0 amide bonds. The molecule has 0 unspecified atom stereocenters. The molecule has 1 heteroatoms. The molecule has 2 aromatic carbocycles. The van der Waals surface area contributed by atoms with Crippen LogP contribution in [0.1, 0.15) is 76.2 Å². The van der Waals surface area contributed by atoms with Gasteiger partial charge in [0, 0.05) is 0 Å². The van der Waals surface area contributed by atoms with Gasteiger partial charge in [0.1, 0.15) is 0 Å². The second-order valence-corrected chi connectivity index (χ2v) is 7.07. The Morgan fingerprint density at radius 3 is 1.75 bits per heavy atom. The summed E-state index contributed by atoms with van der Waals surface area (Å²) in [5, 5.41) is 2.82. The molecule has 0 fully saturated rings. The van der Waals surface area contributed by atoms with Crippen LogP contribution in [0, 0.1) is 0 Å². The summed E-state index contributed by atoms with van der Waals surface area (Å²) in [4.78, 5) is 0. The fourth-order valence-corrected chi connectivity index (χ4v) is 3.56. The number of hydrogen-bond acceptors (Lipinski definition) is 1. The van der Waals surface area contributed by atoms with Crippen LogP contribution in [-0.4, -0.2) is 6.54 Å². The Balaban J connectivity index is 1.49. The Labute approximate surface area is 148 Å². The van der Waals surface area contributed by atoms with Crippen LogP contribution in [0.4, 0.5) is 0 Å². The van der Waals surface area contributed by atoms with Crippen molar-refractivity contribution in [3.8, 4) is 0 Å². The molecule has 0 atom stereocenters. The number of fused-ring (bicyclic) bond motifs is 1. The second kappa shape index (κ2) is 12.1. The van der Waals surface area contributed by atoms with Gasteiger partial charge in [-0.1, -0.05) is 100 Å². The van der Waals surface area contributed by atoms with Crippen LogP contribution in [-0.2, 0) is 6.42 Å². The molecule has 2 rings (SSSR count). The first-order chi connectivity index (χ1) is 11.9. The minimum Gasteiger partial charge on any atom is -0.330 e. The fraction of sp³-hybridized carbons (Fsp3) is 0.565. The smallest absolute Gasteiger partial charge is 0.00773 e. The molecule has 0 aliphatic rings. The summed E-state index contributed by atoms with van der Waals surface area (Å²) in [6, 6.07) is 15.5. The Hall–Kier alpha value is -1.34. The Morgan fingerprint density at radius 2 is 1.08 bits per heavy atom. The van der Waals surface area contributed by atoms with Crippen molar-refractivity contribution in [1.82, 2.24) is 0 Å². The quantitative estimate of drug-likeness (QED) is 0.411. The van der Waals surface area contributed by atoms with Gasteiger partial charge < -0.3 is 5.73 Å². The van der Waals surface area contributed by atoms with Gasteiger partial charge in [-0.15, -0.1) is 0 Å². The van der Waals surface area contributed by atoms with Gasteiger partial charge in [0.25, 0.3) is 0 Å². The highest BCUT2D eigenvalue weighted by molar-refractivity contribution is 5.85. The van der Waals surface area contributed by atoms with Crippen molar-refractivity contribution in [2.75, 3.05) is 6.54 Å². The van der Waals surface area contributed by atoms with Crippen LogP contribution in [0.5, 0.6) is 0 Å². The van der Waals surface area contributed by atoms with Crippen LogP contribution >= 0.6 is 0 Å². The van der Waals surface area contributed by atoms with Crippen molar-refractivity contribution < 1.29 is 0 Å². The average Bonchev–Trinajstić information content (AvgIpc) is 2.63. The Bertz CT molecular complexity index is 555. The van der Waals surface area contributed by atoms with E-state index in [1.54, 1.807) is 0 Å². The van der Waals surface area contributed by atoms with E-state index in [-0.39, 0.29) is 0 Å². The molecule has 2 aromatic rings. The van der Waals surface area contributed by atoms with Crippen molar-refractivity contribution in [3.05, 3.63) is 48.0 Å². The van der Waals surface area contributed by atoms with Crippen molar-refractivity contribution in [2.24, 2.45) is 5.73 Å². The van der Waals surface area contributed by atoms with Gasteiger partial charge in [0.15, 0.2) is 0 Å². The number of unbranched alkanes of at least 4 members (excludes halogenated alkanes) is 10. The number of rotatable bonds is 13. The van der Waals surface area contributed by atoms with Gasteiger partial charge in [0.05, 0.1) is 0 Å². The summed E-state index contributed by atoms with van der Waals surface area (Å²) in [5.74, 6) is 0. The lowest BCUT2D eigenvalue weighted by Crippen LogP contribution is -1.97. The van der Waals surface area contributed by atoms with Crippen molar-refractivity contribution in [3.63, 3.8) is 0 Å². The van der Waals surface area contributed by atoms with Crippen LogP contribution in [0.25, 0.3) is 10.8 Å². The molecule has 1 nitrogen and oxygen atoms in total. The highest BCUT2D eigenvalue weighted by atomic mass is 14.5. The van der Waals surface area contributed by atoms with E-state index in [0.29, 0.717) is 0 Å². The molecule has 0 aromatic heterocycles. The maximum absolute atomic E-state index is 5.51. The molecule has 0 saturated carbocycles. The van der Waals surface area contributed by atoms with Crippen LogP contribution in [0.2, 0.25) is 0 Å². The predicted octanol–water partition coefficient (Wildman–Crippen LogP) is 6.63. The molecule has 0 aliphatic heterocycles. The summed E-state index contributed by atoms with van der Waals surface area (Å²) in [7, 11) is 0. The number of aryl methyl sites for hydroxylation is 1. The van der Waals surface area contributed by atoms with E-state index in [1.165, 1.54) is 93.4 Å². The first-order valence-corrected chi connectivity index (χ1v) is 10.1. The highest BCUT2D eigenvalue weighted by Crippen LogP contribution is 2.20. The maximum atomic E-state index is 5.51. The summed E-state index contributed by atoms with van der Waals surface area (Å²) in [5.41, 5.74) is 7.03. The van der Waals surface area contributed by atoms with E-state index in [1.807, 2.05) is 0 Å². The van der Waals surface area contributed by atoms with Gasteiger partial charge in [-0.05, 0) is 42.1 Å². The minimum absolute atomic E-state index is 0.860. The molecule has 0 radical (unpaired) electrons. The second-order valence-electron chi connectivity index (χ2n) is 7.07. The molecule has 2 N–H and O–H groups in total. The van der Waals surface area contributed by atoms with Gasteiger partial charge in [0.2, 0.25) is 0 Å². The van der Waals surface area contributed by atoms with Crippen molar-refractivity contribution in [2.45, 2.75) is 77.0 Å². The van der Waals surface area contributed by atoms with E-state index in [9.17, 15) is 0 Å². The molecule has 24 heavy (non-hydrogen) atoms. The maximum Gasteiger partial charge on any atom is -0.00773 e. The number of benzene rings is 2. The van der Waals surface area contributed by atoms with Crippen LogP contribution in [0.15, 0.2) is 42.5 Å². The number of nitrogens with two attached hydrogens (primary N) is 1. The minimum atomic E-state index is 0.860. The van der Waals surface area contributed by atoms with E-state index < -0.39 is 0 Å². The summed E-state index contributed by atoms with van der Waals surface area (Å²) >= 11 is 0. The summed E-state index contributed by atoms with van der Waals surface area (Å²) < 4.78 is 0. The molecule has 0 heterocycles. The highest BCUT2D eigenvalue weighted by Gasteiger charge is 2.00. The normalized spacial score (nSPS) is 11.2. The average molecular weight is 326 g/mol. The molecular weight excluding hydrogens is 290 g/mol. The molecular formula is C23H35N. The third-order valence-corrected chi connectivity index (χ3v) is 5.03. The van der Waals surface area contributed by atoms with Gasteiger partial charge in [-0.3, -0.25) is 0 Å². The molecule has 0 spiro atoms. The first-order valence-electron chi connectivity index (χ1n) is 10.1. The lowest BCUT2D eigenvalue weighted by atomic mass is 9.99. The van der Waals surface area contributed by atoms with Crippen LogP contribution in [0.3, 0.4) is 0 Å². The largest absolute Gasteiger partial charge is 0.330 e. The molecule has 132 valence electrons. The van der Waals surface area contributed by atoms with E-state index in [2.05, 4.69) is 42.5 Å². The Morgan fingerprint density at radius 1 is 0.542 bits per heavy atom. The van der Waals surface area contributed by atoms with E-state index >= 15 is 0 Å². The standard InChI is InChI=1S/C23H35N/c24-20-13-9-7-5-3-1-2-4-6-8-10-15-21-17-14-18-22-16-11-12-19-23(21)22/h11-12,14,16-19H,1-10,13,15,20,24H2. The predicted molar refractivity (Wildman–Crippen MR) is 107 cm³/mol. The van der Waals surface area contributed by atoms with Gasteiger partial charge >= 0.3 is 0 Å². The lowest BCUT2D eigenvalue weighted by Gasteiger charge is -2.06. The lowest BCUT2D eigenvalue weighted by molar-refractivity contribution is 0.547. The SMILES string of the molecule is NCCCCCCCCCCCCCc1cccc2ccccc12.